The molecule has 1 unspecified atom stereocenters. The van der Waals surface area contributed by atoms with Crippen LogP contribution in [0.5, 0.6) is 0 Å². The Labute approximate surface area is 146 Å². The molecule has 4 heteroatoms. The molecule has 0 bridgehead atoms. The van der Waals surface area contributed by atoms with Crippen LogP contribution < -0.4 is 0 Å². The maximum Gasteiger partial charge on any atom is 0.245 e. The fraction of sp³-hybridized carbons (Fsp3) is 0.150. The van der Waals surface area contributed by atoms with E-state index >= 15 is 0 Å². The molecule has 0 aliphatic rings. The average molecular weight is 340 g/mol. The second-order valence-electron chi connectivity index (χ2n) is 5.53. The molecule has 0 radical (unpaired) electrons. The van der Waals surface area contributed by atoms with E-state index in [-0.39, 0.29) is 5.91 Å². The summed E-state index contributed by atoms with van der Waals surface area (Å²) in [7, 11) is 0. The summed E-state index contributed by atoms with van der Waals surface area (Å²) < 4.78 is 5.40. The van der Waals surface area contributed by atoms with Gasteiger partial charge in [0.2, 0.25) is 5.91 Å². The third-order valence-electron chi connectivity index (χ3n) is 3.76. The van der Waals surface area contributed by atoms with Crippen molar-refractivity contribution in [1.29, 1.82) is 0 Å². The van der Waals surface area contributed by atoms with Crippen LogP contribution in [0.15, 0.2) is 83.5 Å². The summed E-state index contributed by atoms with van der Waals surface area (Å²) in [5, 5.41) is -0.718. The molecule has 1 heterocycles. The number of furan rings is 1. The van der Waals surface area contributed by atoms with Gasteiger partial charge in [0, 0.05) is 6.54 Å². The van der Waals surface area contributed by atoms with Crippen LogP contribution in [0, 0.1) is 0 Å². The van der Waals surface area contributed by atoms with Gasteiger partial charge < -0.3 is 9.32 Å². The summed E-state index contributed by atoms with van der Waals surface area (Å²) in [6.07, 6.45) is 1.61. The van der Waals surface area contributed by atoms with Crippen molar-refractivity contribution < 1.29 is 9.21 Å². The van der Waals surface area contributed by atoms with Gasteiger partial charge >= 0.3 is 0 Å². The summed E-state index contributed by atoms with van der Waals surface area (Å²) >= 11 is 6.44. The lowest BCUT2D eigenvalue weighted by Gasteiger charge is -2.24. The molecule has 0 saturated heterocycles. The maximum absolute atomic E-state index is 12.9. The third-order valence-corrected chi connectivity index (χ3v) is 4.20. The zero-order chi connectivity index (χ0) is 16.8. The van der Waals surface area contributed by atoms with E-state index in [9.17, 15) is 4.79 Å². The first kappa shape index (κ1) is 16.3. The van der Waals surface area contributed by atoms with Crippen LogP contribution in [0.2, 0.25) is 0 Å². The molecular weight excluding hydrogens is 322 g/mol. The minimum absolute atomic E-state index is 0.136. The Kier molecular flexibility index (Phi) is 5.34. The van der Waals surface area contributed by atoms with E-state index in [1.54, 1.807) is 11.2 Å². The maximum atomic E-state index is 12.9. The van der Waals surface area contributed by atoms with Gasteiger partial charge in [0.15, 0.2) is 0 Å². The number of alkyl halides is 1. The summed E-state index contributed by atoms with van der Waals surface area (Å²) in [6.45, 7) is 0.868. The second kappa shape index (κ2) is 7.84. The number of halogens is 1. The second-order valence-corrected chi connectivity index (χ2v) is 5.97. The molecule has 3 nitrogen and oxygen atoms in total. The Morgan fingerprint density at radius 2 is 1.58 bits per heavy atom. The number of rotatable bonds is 6. The van der Waals surface area contributed by atoms with E-state index in [0.29, 0.717) is 13.1 Å². The molecule has 1 atom stereocenters. The SMILES string of the molecule is O=C(C(Cl)c1ccccc1)N(Cc1ccccc1)Cc1ccco1. The minimum Gasteiger partial charge on any atom is -0.467 e. The van der Waals surface area contributed by atoms with E-state index < -0.39 is 5.38 Å². The summed E-state index contributed by atoms with van der Waals surface area (Å²) in [6, 6.07) is 22.9. The van der Waals surface area contributed by atoms with Crippen molar-refractivity contribution in [2.45, 2.75) is 18.5 Å². The molecule has 0 saturated carbocycles. The Hall–Kier alpha value is -2.52. The molecular formula is C20H18ClNO2. The van der Waals surface area contributed by atoms with Crippen LogP contribution in [0.1, 0.15) is 22.3 Å². The Morgan fingerprint density at radius 1 is 0.917 bits per heavy atom. The first-order valence-electron chi connectivity index (χ1n) is 7.78. The molecule has 1 aromatic heterocycles. The highest BCUT2D eigenvalue weighted by atomic mass is 35.5. The van der Waals surface area contributed by atoms with E-state index in [0.717, 1.165) is 16.9 Å². The standard InChI is InChI=1S/C20H18ClNO2/c21-19(17-10-5-2-6-11-17)20(23)22(15-18-12-7-13-24-18)14-16-8-3-1-4-9-16/h1-13,19H,14-15H2. The lowest BCUT2D eigenvalue weighted by molar-refractivity contribution is -0.132. The predicted octanol–water partition coefficient (Wildman–Crippen LogP) is 4.79. The number of benzene rings is 2. The Bertz CT molecular complexity index is 757. The highest BCUT2D eigenvalue weighted by Gasteiger charge is 2.24. The van der Waals surface area contributed by atoms with Crippen LogP contribution in [-0.2, 0) is 17.9 Å². The molecule has 2 aromatic carbocycles. The van der Waals surface area contributed by atoms with E-state index in [2.05, 4.69) is 0 Å². The van der Waals surface area contributed by atoms with E-state index in [1.807, 2.05) is 72.8 Å². The van der Waals surface area contributed by atoms with Gasteiger partial charge in [-0.2, -0.15) is 0 Å². The molecule has 0 aliphatic carbocycles. The van der Waals surface area contributed by atoms with Crippen LogP contribution in [0.25, 0.3) is 0 Å². The monoisotopic (exact) mass is 339 g/mol. The number of hydrogen-bond donors (Lipinski definition) is 0. The first-order valence-corrected chi connectivity index (χ1v) is 8.22. The topological polar surface area (TPSA) is 33.5 Å². The van der Waals surface area contributed by atoms with Gasteiger partial charge in [-0.25, -0.2) is 0 Å². The van der Waals surface area contributed by atoms with Crippen LogP contribution in [0.4, 0.5) is 0 Å². The quantitative estimate of drug-likeness (QED) is 0.605. The number of amides is 1. The van der Waals surface area contributed by atoms with Gasteiger partial charge in [-0.3, -0.25) is 4.79 Å². The fourth-order valence-corrected chi connectivity index (χ4v) is 2.81. The zero-order valence-electron chi connectivity index (χ0n) is 13.1. The molecule has 24 heavy (non-hydrogen) atoms. The third kappa shape index (κ3) is 4.06. The van der Waals surface area contributed by atoms with Crippen molar-refractivity contribution in [3.63, 3.8) is 0 Å². The molecule has 122 valence electrons. The van der Waals surface area contributed by atoms with Gasteiger partial charge in [-0.1, -0.05) is 60.7 Å². The largest absolute Gasteiger partial charge is 0.467 e. The highest BCUT2D eigenvalue weighted by Crippen LogP contribution is 2.25. The zero-order valence-corrected chi connectivity index (χ0v) is 13.9. The molecule has 0 aliphatic heterocycles. The highest BCUT2D eigenvalue weighted by molar-refractivity contribution is 6.30. The van der Waals surface area contributed by atoms with Crippen molar-refractivity contribution in [3.8, 4) is 0 Å². The van der Waals surface area contributed by atoms with Crippen LogP contribution >= 0.6 is 11.6 Å². The molecule has 1 amide bonds. The van der Waals surface area contributed by atoms with E-state index in [4.69, 9.17) is 16.0 Å². The number of hydrogen-bond acceptors (Lipinski definition) is 2. The number of nitrogens with zero attached hydrogens (tertiary/aromatic N) is 1. The molecule has 0 N–H and O–H groups in total. The van der Waals surface area contributed by atoms with Crippen molar-refractivity contribution in [3.05, 3.63) is 95.9 Å². The van der Waals surface area contributed by atoms with Gasteiger partial charge in [0.05, 0.1) is 12.8 Å². The molecule has 0 fully saturated rings. The van der Waals surface area contributed by atoms with Crippen LogP contribution in [0.3, 0.4) is 0 Å². The van der Waals surface area contributed by atoms with Crippen molar-refractivity contribution >= 4 is 17.5 Å². The summed E-state index contributed by atoms with van der Waals surface area (Å²) in [5.41, 5.74) is 1.84. The first-order chi connectivity index (χ1) is 11.7. The Morgan fingerprint density at radius 3 is 2.21 bits per heavy atom. The van der Waals surface area contributed by atoms with Gasteiger partial charge in [-0.15, -0.1) is 11.6 Å². The normalized spacial score (nSPS) is 11.9. The summed E-state index contributed by atoms with van der Waals surface area (Å²) in [4.78, 5) is 14.6. The molecule has 3 aromatic rings. The smallest absolute Gasteiger partial charge is 0.245 e. The summed E-state index contributed by atoms with van der Waals surface area (Å²) in [5.74, 6) is 0.597. The van der Waals surface area contributed by atoms with E-state index in [1.165, 1.54) is 0 Å². The number of carbonyl (C=O) groups excluding carboxylic acids is 1. The van der Waals surface area contributed by atoms with Crippen molar-refractivity contribution in [1.82, 2.24) is 4.90 Å². The molecule has 3 rings (SSSR count). The molecule has 0 spiro atoms. The number of carbonyl (C=O) groups is 1. The fourth-order valence-electron chi connectivity index (χ4n) is 2.53. The minimum atomic E-state index is -0.718. The predicted molar refractivity (Wildman–Crippen MR) is 94.4 cm³/mol. The van der Waals surface area contributed by atoms with Crippen molar-refractivity contribution in [2.75, 3.05) is 0 Å². The lowest BCUT2D eigenvalue weighted by Crippen LogP contribution is -2.32. The van der Waals surface area contributed by atoms with Gasteiger partial charge in [0.1, 0.15) is 11.1 Å². The average Bonchev–Trinajstić information content (AvgIpc) is 3.15. The van der Waals surface area contributed by atoms with Gasteiger partial charge in [-0.05, 0) is 23.3 Å². The lowest BCUT2D eigenvalue weighted by atomic mass is 10.1. The van der Waals surface area contributed by atoms with Gasteiger partial charge in [0.25, 0.3) is 0 Å². The Balaban J connectivity index is 1.81. The van der Waals surface area contributed by atoms with Crippen LogP contribution in [-0.4, -0.2) is 10.8 Å². The van der Waals surface area contributed by atoms with Crippen molar-refractivity contribution in [2.24, 2.45) is 0 Å².